The summed E-state index contributed by atoms with van der Waals surface area (Å²) in [6, 6.07) is -0.625. The molecule has 0 heterocycles. The maximum atomic E-state index is 12.8. The number of aliphatic carboxylic acids is 1. The van der Waals surface area contributed by atoms with Gasteiger partial charge in [-0.05, 0) is 96.3 Å². The summed E-state index contributed by atoms with van der Waals surface area (Å²) in [5.74, 6) is -1.50. The molecule has 0 spiro atoms. The van der Waals surface area contributed by atoms with Gasteiger partial charge in [-0.3, -0.25) is 9.59 Å². The number of quaternary nitrogens is 1. The summed E-state index contributed by atoms with van der Waals surface area (Å²) in [5, 5.41) is 9.67. The second-order valence-electron chi connectivity index (χ2n) is 19.1. The van der Waals surface area contributed by atoms with E-state index < -0.39 is 18.1 Å². The SMILES string of the molecule is CC/C=C/C/C=C/C/C=C/C/C=C/C/C=C/CCCCCCCCCC(=O)OC(COCCC(C(=O)O)[N+](C)(C)C)COC(=O)CCCCCCCCCCC/C=C/C/C=C/C/C=C/C/C=C/CC. The van der Waals surface area contributed by atoms with Crippen molar-refractivity contribution in [2.75, 3.05) is 41.0 Å². The highest BCUT2D eigenvalue weighted by Crippen LogP contribution is 2.15. The van der Waals surface area contributed by atoms with Gasteiger partial charge < -0.3 is 23.8 Å². The summed E-state index contributed by atoms with van der Waals surface area (Å²) < 4.78 is 17.4. The number of allylic oxidation sites excluding steroid dienone is 18. The van der Waals surface area contributed by atoms with Gasteiger partial charge in [-0.1, -0.05) is 200 Å². The molecule has 0 aromatic heterocycles. The molecule has 69 heavy (non-hydrogen) atoms. The zero-order valence-electron chi connectivity index (χ0n) is 44.7. The second kappa shape index (κ2) is 50.4. The van der Waals surface area contributed by atoms with Crippen LogP contribution in [0.5, 0.6) is 0 Å². The maximum Gasteiger partial charge on any atom is 0.362 e. The number of esters is 2. The van der Waals surface area contributed by atoms with Crippen LogP contribution in [0.4, 0.5) is 0 Å². The highest BCUT2D eigenvalue weighted by atomic mass is 16.6. The number of carbonyl (C=O) groups excluding carboxylic acids is 2. The van der Waals surface area contributed by atoms with Gasteiger partial charge in [0.2, 0.25) is 0 Å². The minimum absolute atomic E-state index is 0.0482. The fourth-order valence-electron chi connectivity index (χ4n) is 7.52. The molecule has 0 fully saturated rings. The lowest BCUT2D eigenvalue weighted by molar-refractivity contribution is -0.887. The number of unbranched alkanes of at least 4 members (excludes halogenated alkanes) is 16. The van der Waals surface area contributed by atoms with Crippen molar-refractivity contribution in [1.82, 2.24) is 0 Å². The van der Waals surface area contributed by atoms with Crippen molar-refractivity contribution in [1.29, 1.82) is 0 Å². The van der Waals surface area contributed by atoms with E-state index in [-0.39, 0.29) is 36.2 Å². The van der Waals surface area contributed by atoms with Gasteiger partial charge in [0.05, 0.1) is 34.4 Å². The predicted octanol–water partition coefficient (Wildman–Crippen LogP) is 16.4. The van der Waals surface area contributed by atoms with Gasteiger partial charge in [0.1, 0.15) is 6.61 Å². The fourth-order valence-corrected chi connectivity index (χ4v) is 7.52. The Morgan fingerprint density at radius 3 is 1.13 bits per heavy atom. The van der Waals surface area contributed by atoms with E-state index in [0.29, 0.717) is 19.3 Å². The molecule has 0 radical (unpaired) electrons. The predicted molar refractivity (Wildman–Crippen MR) is 293 cm³/mol. The van der Waals surface area contributed by atoms with Crippen LogP contribution in [-0.2, 0) is 28.6 Å². The molecule has 0 saturated carbocycles. The van der Waals surface area contributed by atoms with Gasteiger partial charge in [-0.25, -0.2) is 4.79 Å². The molecular weight excluding hydrogens is 859 g/mol. The minimum atomic E-state index is -0.881. The standard InChI is InChI=1S/C61H101NO7/c1-6-8-10-12-14-16-18-20-22-24-26-28-30-32-34-36-38-40-42-44-46-48-50-52-60(64)69-57(55-67-54-53-58(61(65)66)62(3,4)5)56-68-59(63)51-49-47-45-43-41-39-37-35-33-31-29-27-25-23-21-19-17-15-13-11-9-7-2/h8-11,14-17,20-23,26-29,32,34,57-58H,6-7,12-13,18-19,24-25,30-31,33,35-56H2,1-5H3/p+1/b10-8+,11-9+,16-14+,17-15+,22-20+,23-21+,28-26+,29-27+,34-32+. The number of carboxylic acids is 1. The number of nitrogens with zero attached hydrogens (tertiary/aromatic N) is 1. The van der Waals surface area contributed by atoms with E-state index in [1.807, 2.05) is 21.1 Å². The third kappa shape index (κ3) is 48.8. The molecule has 0 aromatic carbocycles. The topological polar surface area (TPSA) is 99.1 Å². The normalized spacial score (nSPS) is 13.7. The lowest BCUT2D eigenvalue weighted by Gasteiger charge is -2.31. The van der Waals surface area contributed by atoms with E-state index in [0.717, 1.165) is 116 Å². The van der Waals surface area contributed by atoms with Crippen molar-refractivity contribution < 1.29 is 38.2 Å². The van der Waals surface area contributed by atoms with E-state index >= 15 is 0 Å². The first-order chi connectivity index (χ1) is 33.6. The summed E-state index contributed by atoms with van der Waals surface area (Å²) in [6.07, 6.45) is 69.9. The third-order valence-electron chi connectivity index (χ3n) is 11.7. The second-order valence-corrected chi connectivity index (χ2v) is 19.1. The summed E-state index contributed by atoms with van der Waals surface area (Å²) in [5.41, 5.74) is 0. The van der Waals surface area contributed by atoms with Crippen LogP contribution in [0.15, 0.2) is 109 Å². The lowest BCUT2D eigenvalue weighted by Crippen LogP contribution is -2.50. The Balaban J connectivity index is 4.26. The van der Waals surface area contributed by atoms with Crippen LogP contribution < -0.4 is 0 Å². The van der Waals surface area contributed by atoms with Gasteiger partial charge >= 0.3 is 17.9 Å². The van der Waals surface area contributed by atoms with Crippen molar-refractivity contribution in [3.8, 4) is 0 Å². The molecule has 8 heteroatoms. The van der Waals surface area contributed by atoms with Crippen molar-refractivity contribution in [2.24, 2.45) is 0 Å². The Morgan fingerprint density at radius 1 is 0.435 bits per heavy atom. The Morgan fingerprint density at radius 2 is 0.768 bits per heavy atom. The van der Waals surface area contributed by atoms with Gasteiger partial charge in [0.25, 0.3) is 0 Å². The monoisotopic (exact) mass is 961 g/mol. The first-order valence-electron chi connectivity index (χ1n) is 27.4. The van der Waals surface area contributed by atoms with Crippen molar-refractivity contribution in [3.63, 3.8) is 0 Å². The molecule has 0 rings (SSSR count). The molecule has 0 aliphatic heterocycles. The van der Waals surface area contributed by atoms with Crippen LogP contribution in [0.25, 0.3) is 0 Å². The van der Waals surface area contributed by atoms with Crippen LogP contribution in [-0.4, -0.2) is 80.6 Å². The molecule has 1 N–H and O–H groups in total. The average molecular weight is 961 g/mol. The summed E-state index contributed by atoms with van der Waals surface area (Å²) in [4.78, 5) is 37.3. The molecule has 0 amide bonds. The van der Waals surface area contributed by atoms with Crippen molar-refractivity contribution in [3.05, 3.63) is 109 Å². The Kier molecular flexibility index (Phi) is 47.5. The number of hydrogen-bond donors (Lipinski definition) is 1. The molecule has 2 atom stereocenters. The van der Waals surface area contributed by atoms with E-state index in [4.69, 9.17) is 14.2 Å². The number of likely N-dealkylation sites (N-methyl/N-ethyl adjacent to an activating group) is 1. The summed E-state index contributed by atoms with van der Waals surface area (Å²) in [6.45, 7) is 4.49. The van der Waals surface area contributed by atoms with Gasteiger partial charge in [0, 0.05) is 19.3 Å². The van der Waals surface area contributed by atoms with E-state index in [1.165, 1.54) is 57.8 Å². The molecule has 0 aromatic rings. The van der Waals surface area contributed by atoms with Gasteiger partial charge in [0.15, 0.2) is 12.1 Å². The maximum absolute atomic E-state index is 12.8. The Hall–Kier alpha value is -4.01. The van der Waals surface area contributed by atoms with Crippen molar-refractivity contribution >= 4 is 17.9 Å². The van der Waals surface area contributed by atoms with Crippen LogP contribution in [0.3, 0.4) is 0 Å². The lowest BCUT2D eigenvalue weighted by atomic mass is 10.1. The van der Waals surface area contributed by atoms with Gasteiger partial charge in [-0.2, -0.15) is 0 Å². The highest BCUT2D eigenvalue weighted by Gasteiger charge is 2.31. The Bertz CT molecular complexity index is 1490. The third-order valence-corrected chi connectivity index (χ3v) is 11.7. The van der Waals surface area contributed by atoms with E-state index in [1.54, 1.807) is 0 Å². The fraction of sp³-hybridized carbons (Fsp3) is 0.656. The average Bonchev–Trinajstić information content (AvgIpc) is 3.31. The molecule has 0 aliphatic rings. The quantitative estimate of drug-likeness (QED) is 0.0281. The summed E-state index contributed by atoms with van der Waals surface area (Å²) >= 11 is 0. The molecule has 2 unspecified atom stereocenters. The number of carboxylic acid groups (broad SMARTS) is 1. The molecule has 392 valence electrons. The molecular formula is C61H102NO7+. The van der Waals surface area contributed by atoms with Gasteiger partial charge in [-0.15, -0.1) is 0 Å². The zero-order valence-corrected chi connectivity index (χ0v) is 44.7. The van der Waals surface area contributed by atoms with E-state index in [9.17, 15) is 19.5 Å². The van der Waals surface area contributed by atoms with Crippen LogP contribution in [0.1, 0.15) is 206 Å². The minimum Gasteiger partial charge on any atom is -0.477 e. The Labute approximate surface area is 423 Å². The van der Waals surface area contributed by atoms with Crippen molar-refractivity contribution in [2.45, 2.75) is 219 Å². The van der Waals surface area contributed by atoms with Crippen LogP contribution in [0.2, 0.25) is 0 Å². The smallest absolute Gasteiger partial charge is 0.362 e. The molecule has 0 aliphatic carbocycles. The first-order valence-corrected chi connectivity index (χ1v) is 27.4. The number of ether oxygens (including phenoxy) is 3. The van der Waals surface area contributed by atoms with Crippen LogP contribution in [0, 0.1) is 0 Å². The largest absolute Gasteiger partial charge is 0.477 e. The molecule has 0 bridgehead atoms. The highest BCUT2D eigenvalue weighted by molar-refractivity contribution is 5.72. The van der Waals surface area contributed by atoms with Crippen LogP contribution >= 0.6 is 0 Å². The first kappa shape index (κ1) is 65.0. The molecule has 0 saturated heterocycles. The van der Waals surface area contributed by atoms with E-state index in [2.05, 4.69) is 123 Å². The summed E-state index contributed by atoms with van der Waals surface area (Å²) in [7, 11) is 5.53. The number of carbonyl (C=O) groups is 3. The number of hydrogen-bond acceptors (Lipinski definition) is 6. The molecule has 8 nitrogen and oxygen atoms in total. The number of rotatable bonds is 48. The zero-order chi connectivity index (χ0) is 50.6.